The Hall–Kier alpha value is -0.540. The minimum atomic E-state index is 0.842. The number of nitrogen functional groups attached to an aromatic ring is 1. The molecule has 17 heavy (non-hydrogen) atoms. The molecule has 0 heterocycles. The van der Waals surface area contributed by atoms with E-state index in [9.17, 15) is 0 Å². The second kappa shape index (κ2) is 5.87. The fourth-order valence-corrected chi connectivity index (χ4v) is 2.93. The highest BCUT2D eigenvalue weighted by atomic mass is 79.9. The molecule has 1 fully saturated rings. The molecule has 1 aliphatic carbocycles. The summed E-state index contributed by atoms with van der Waals surface area (Å²) in [6.45, 7) is 5.60. The molecule has 0 saturated heterocycles. The predicted molar refractivity (Wildman–Crippen MR) is 76.8 cm³/mol. The van der Waals surface area contributed by atoms with Crippen LogP contribution in [0.25, 0.3) is 0 Å². The molecule has 0 unspecified atom stereocenters. The van der Waals surface area contributed by atoms with E-state index < -0.39 is 0 Å². The van der Waals surface area contributed by atoms with Gasteiger partial charge in [-0.15, -0.1) is 0 Å². The van der Waals surface area contributed by atoms with Crippen molar-refractivity contribution in [3.63, 3.8) is 0 Å². The fourth-order valence-electron chi connectivity index (χ4n) is 2.37. The lowest BCUT2D eigenvalue weighted by molar-refractivity contribution is 0.178. The molecule has 0 bridgehead atoms. The van der Waals surface area contributed by atoms with Gasteiger partial charge >= 0.3 is 0 Å². The Morgan fingerprint density at radius 3 is 2.65 bits per heavy atom. The van der Waals surface area contributed by atoms with Gasteiger partial charge in [-0.2, -0.15) is 0 Å². The molecule has 1 aliphatic rings. The van der Waals surface area contributed by atoms with Gasteiger partial charge < -0.3 is 5.73 Å². The fraction of sp³-hybridized carbons (Fsp3) is 0.571. The van der Waals surface area contributed by atoms with Gasteiger partial charge in [-0.25, -0.2) is 0 Å². The summed E-state index contributed by atoms with van der Waals surface area (Å²) in [6, 6.07) is 6.19. The van der Waals surface area contributed by atoms with Crippen LogP contribution < -0.4 is 5.73 Å². The average molecular weight is 297 g/mol. The number of benzene rings is 1. The van der Waals surface area contributed by atoms with Crippen molar-refractivity contribution in [1.29, 1.82) is 0 Å². The topological polar surface area (TPSA) is 29.3 Å². The zero-order valence-corrected chi connectivity index (χ0v) is 12.0. The van der Waals surface area contributed by atoms with E-state index >= 15 is 0 Å². The minimum absolute atomic E-state index is 0.842. The summed E-state index contributed by atoms with van der Waals surface area (Å²) in [5.74, 6) is 0.930. The first-order valence-corrected chi connectivity index (χ1v) is 7.24. The molecule has 0 radical (unpaired) electrons. The van der Waals surface area contributed by atoms with Crippen molar-refractivity contribution in [2.24, 2.45) is 5.92 Å². The number of nitrogens with two attached hydrogens (primary N) is 1. The monoisotopic (exact) mass is 296 g/mol. The minimum Gasteiger partial charge on any atom is -0.399 e. The summed E-state index contributed by atoms with van der Waals surface area (Å²) in [7, 11) is 0. The van der Waals surface area contributed by atoms with Crippen LogP contribution in [-0.4, -0.2) is 18.0 Å². The van der Waals surface area contributed by atoms with E-state index in [4.69, 9.17) is 5.73 Å². The van der Waals surface area contributed by atoms with E-state index in [1.54, 1.807) is 0 Å². The molecule has 2 rings (SSSR count). The number of anilines is 1. The van der Waals surface area contributed by atoms with Gasteiger partial charge in [0.15, 0.2) is 0 Å². The standard InChI is InChI=1S/C14H21BrN2/c1-2-17(9-11-4-3-5-11)10-12-6-13(15)8-14(16)7-12/h6-8,11H,2-5,9-10,16H2,1H3. The number of nitrogens with zero attached hydrogens (tertiary/aromatic N) is 1. The van der Waals surface area contributed by atoms with Crippen molar-refractivity contribution in [2.75, 3.05) is 18.8 Å². The Labute approximate surface area is 112 Å². The van der Waals surface area contributed by atoms with Gasteiger partial charge in [0.25, 0.3) is 0 Å². The third-order valence-electron chi connectivity index (χ3n) is 3.57. The molecule has 0 atom stereocenters. The normalized spacial score (nSPS) is 16.2. The molecule has 2 N–H and O–H groups in total. The van der Waals surface area contributed by atoms with Gasteiger partial charge in [-0.1, -0.05) is 29.3 Å². The van der Waals surface area contributed by atoms with E-state index in [0.717, 1.165) is 29.2 Å². The Morgan fingerprint density at radius 2 is 2.12 bits per heavy atom. The SMILES string of the molecule is CCN(Cc1cc(N)cc(Br)c1)CC1CCC1. The highest BCUT2D eigenvalue weighted by Gasteiger charge is 2.20. The molecular formula is C14H21BrN2. The quantitative estimate of drug-likeness (QED) is 0.841. The number of rotatable bonds is 5. The first-order valence-electron chi connectivity index (χ1n) is 6.44. The molecule has 2 nitrogen and oxygen atoms in total. The van der Waals surface area contributed by atoms with Crippen molar-refractivity contribution in [1.82, 2.24) is 4.90 Å². The van der Waals surface area contributed by atoms with E-state index in [0.29, 0.717) is 0 Å². The first-order chi connectivity index (χ1) is 8.17. The highest BCUT2D eigenvalue weighted by molar-refractivity contribution is 9.10. The summed E-state index contributed by atoms with van der Waals surface area (Å²) >= 11 is 3.50. The summed E-state index contributed by atoms with van der Waals surface area (Å²) in [4.78, 5) is 2.52. The van der Waals surface area contributed by atoms with Crippen LogP contribution in [0.1, 0.15) is 31.7 Å². The van der Waals surface area contributed by atoms with Gasteiger partial charge in [-0.05, 0) is 49.1 Å². The second-order valence-electron chi connectivity index (χ2n) is 5.02. The maximum absolute atomic E-state index is 5.87. The Bertz CT molecular complexity index is 354. The van der Waals surface area contributed by atoms with Crippen molar-refractivity contribution >= 4 is 21.6 Å². The third-order valence-corrected chi connectivity index (χ3v) is 4.03. The summed E-state index contributed by atoms with van der Waals surface area (Å²) in [5, 5.41) is 0. The van der Waals surface area contributed by atoms with E-state index in [-0.39, 0.29) is 0 Å². The number of hydrogen-bond donors (Lipinski definition) is 1. The maximum atomic E-state index is 5.87. The van der Waals surface area contributed by atoms with Gasteiger partial charge in [0.05, 0.1) is 0 Å². The van der Waals surface area contributed by atoms with Crippen LogP contribution >= 0.6 is 15.9 Å². The lowest BCUT2D eigenvalue weighted by atomic mass is 9.85. The van der Waals surface area contributed by atoms with Crippen molar-refractivity contribution in [3.05, 3.63) is 28.2 Å². The Kier molecular flexibility index (Phi) is 4.46. The van der Waals surface area contributed by atoms with Crippen LogP contribution in [0.3, 0.4) is 0 Å². The molecule has 0 amide bonds. The van der Waals surface area contributed by atoms with Crippen LogP contribution in [0.15, 0.2) is 22.7 Å². The largest absolute Gasteiger partial charge is 0.399 e. The van der Waals surface area contributed by atoms with Gasteiger partial charge in [0.2, 0.25) is 0 Å². The molecule has 94 valence electrons. The zero-order valence-electron chi connectivity index (χ0n) is 10.5. The smallest absolute Gasteiger partial charge is 0.0328 e. The van der Waals surface area contributed by atoms with E-state index in [1.165, 1.54) is 31.4 Å². The highest BCUT2D eigenvalue weighted by Crippen LogP contribution is 2.27. The van der Waals surface area contributed by atoms with Crippen LogP contribution in [0.2, 0.25) is 0 Å². The molecule has 1 aromatic carbocycles. The summed E-state index contributed by atoms with van der Waals surface area (Å²) < 4.78 is 1.08. The first kappa shape index (κ1) is 12.9. The Balaban J connectivity index is 1.96. The van der Waals surface area contributed by atoms with Gasteiger partial charge in [0.1, 0.15) is 0 Å². The molecular weight excluding hydrogens is 276 g/mol. The summed E-state index contributed by atoms with van der Waals surface area (Å²) in [5.41, 5.74) is 8.01. The second-order valence-corrected chi connectivity index (χ2v) is 5.93. The molecule has 1 saturated carbocycles. The van der Waals surface area contributed by atoms with Crippen LogP contribution in [0.5, 0.6) is 0 Å². The van der Waals surface area contributed by atoms with Crippen molar-refractivity contribution < 1.29 is 0 Å². The van der Waals surface area contributed by atoms with Crippen LogP contribution in [0.4, 0.5) is 5.69 Å². The molecule has 1 aromatic rings. The molecule has 3 heteroatoms. The molecule has 0 aromatic heterocycles. The Morgan fingerprint density at radius 1 is 1.35 bits per heavy atom. The van der Waals surface area contributed by atoms with Crippen LogP contribution in [-0.2, 0) is 6.54 Å². The third kappa shape index (κ3) is 3.71. The van der Waals surface area contributed by atoms with E-state index in [2.05, 4.69) is 39.9 Å². The maximum Gasteiger partial charge on any atom is 0.0328 e. The average Bonchev–Trinajstić information content (AvgIpc) is 2.20. The number of halogens is 1. The molecule has 0 spiro atoms. The lowest BCUT2D eigenvalue weighted by Crippen LogP contribution is -2.32. The number of hydrogen-bond acceptors (Lipinski definition) is 2. The predicted octanol–water partition coefficient (Wildman–Crippen LogP) is 3.65. The van der Waals surface area contributed by atoms with Crippen molar-refractivity contribution in [2.45, 2.75) is 32.7 Å². The van der Waals surface area contributed by atoms with Gasteiger partial charge in [-0.3, -0.25) is 4.90 Å². The lowest BCUT2D eigenvalue weighted by Gasteiger charge is -2.31. The van der Waals surface area contributed by atoms with E-state index in [1.807, 2.05) is 6.07 Å². The van der Waals surface area contributed by atoms with Gasteiger partial charge in [0, 0.05) is 23.2 Å². The molecule has 0 aliphatic heterocycles. The van der Waals surface area contributed by atoms with Crippen molar-refractivity contribution in [3.8, 4) is 0 Å². The van der Waals surface area contributed by atoms with Crippen LogP contribution in [0, 0.1) is 5.92 Å². The zero-order chi connectivity index (χ0) is 12.3. The summed E-state index contributed by atoms with van der Waals surface area (Å²) in [6.07, 6.45) is 4.25.